The first-order valence-corrected chi connectivity index (χ1v) is 10.6. The van der Waals surface area contributed by atoms with E-state index in [2.05, 4.69) is 0 Å². The second-order valence-electron chi connectivity index (χ2n) is 7.07. The molecule has 2 heterocycles. The van der Waals surface area contributed by atoms with Gasteiger partial charge in [0, 0.05) is 18.2 Å². The van der Waals surface area contributed by atoms with Crippen molar-refractivity contribution in [3.8, 4) is 17.2 Å². The van der Waals surface area contributed by atoms with Gasteiger partial charge in [-0.1, -0.05) is 56.1 Å². The molecule has 0 unspecified atom stereocenters. The third-order valence-electron chi connectivity index (χ3n) is 5.37. The van der Waals surface area contributed by atoms with Crippen molar-refractivity contribution in [2.24, 2.45) is 5.92 Å². The smallest absolute Gasteiger partial charge is 0.266 e. The Morgan fingerprint density at radius 2 is 2.00 bits per heavy atom. The van der Waals surface area contributed by atoms with Crippen LogP contribution in [0.3, 0.4) is 0 Å². The molecule has 1 saturated carbocycles. The van der Waals surface area contributed by atoms with E-state index in [0.717, 1.165) is 17.9 Å². The highest BCUT2D eigenvalue weighted by atomic mass is 32.2. The van der Waals surface area contributed by atoms with Gasteiger partial charge in [-0.15, -0.1) is 0 Å². The number of nitrogens with zero attached hydrogens (tertiary/aromatic N) is 1. The summed E-state index contributed by atoms with van der Waals surface area (Å²) in [7, 11) is 1.60. The largest absolute Gasteiger partial charge is 0.496 e. The van der Waals surface area contributed by atoms with Crippen LogP contribution in [-0.4, -0.2) is 35.6 Å². The molecule has 0 aromatic heterocycles. The van der Waals surface area contributed by atoms with Crippen molar-refractivity contribution in [1.29, 1.82) is 0 Å². The predicted octanol–water partition coefficient (Wildman–Crippen LogP) is 4.60. The van der Waals surface area contributed by atoms with Crippen LogP contribution in [0.2, 0.25) is 0 Å². The summed E-state index contributed by atoms with van der Waals surface area (Å²) in [5, 5.41) is 0. The lowest BCUT2D eigenvalue weighted by molar-refractivity contribution is -0.122. The van der Waals surface area contributed by atoms with Crippen LogP contribution in [-0.2, 0) is 4.79 Å². The van der Waals surface area contributed by atoms with Gasteiger partial charge in [-0.25, -0.2) is 0 Å². The van der Waals surface area contributed by atoms with E-state index in [1.807, 2.05) is 12.1 Å². The van der Waals surface area contributed by atoms with Gasteiger partial charge in [0.15, 0.2) is 11.5 Å². The van der Waals surface area contributed by atoms with Crippen LogP contribution >= 0.6 is 24.0 Å². The molecule has 2 fully saturated rings. The monoisotopic (exact) mass is 405 g/mol. The molecule has 7 heteroatoms. The lowest BCUT2D eigenvalue weighted by atomic mass is 9.87. The first kappa shape index (κ1) is 18.6. The van der Waals surface area contributed by atoms with Crippen LogP contribution in [0.15, 0.2) is 17.0 Å². The standard InChI is InChI=1S/C20H23NO4S2/c1-23-15-11-17-16(24-12-25-17)9-14(15)10-18-19(22)21(20(26)27-18)8-7-13-5-3-2-4-6-13/h9-11,13H,2-8,12H2,1H3/b18-10-. The number of thiocarbonyl (C=S) groups is 1. The Morgan fingerprint density at radius 3 is 2.74 bits per heavy atom. The number of carbonyl (C=O) groups excluding carboxylic acids is 1. The van der Waals surface area contributed by atoms with E-state index in [1.54, 1.807) is 18.1 Å². The summed E-state index contributed by atoms with van der Waals surface area (Å²) in [4.78, 5) is 15.3. The van der Waals surface area contributed by atoms with E-state index in [0.29, 0.717) is 33.0 Å². The number of ether oxygens (including phenoxy) is 3. The first-order chi connectivity index (χ1) is 13.2. The molecule has 27 heavy (non-hydrogen) atoms. The molecular weight excluding hydrogens is 382 g/mol. The third kappa shape index (κ3) is 3.94. The van der Waals surface area contributed by atoms with Crippen LogP contribution in [0, 0.1) is 5.92 Å². The number of amides is 1. The van der Waals surface area contributed by atoms with E-state index in [9.17, 15) is 4.79 Å². The molecule has 2 aliphatic heterocycles. The van der Waals surface area contributed by atoms with Crippen LogP contribution in [0.25, 0.3) is 6.08 Å². The lowest BCUT2D eigenvalue weighted by Crippen LogP contribution is -2.30. The van der Waals surface area contributed by atoms with Crippen molar-refractivity contribution in [3.63, 3.8) is 0 Å². The van der Waals surface area contributed by atoms with Crippen LogP contribution in [0.4, 0.5) is 0 Å². The minimum atomic E-state index is -0.0134. The molecule has 5 nitrogen and oxygen atoms in total. The molecule has 1 aromatic rings. The SMILES string of the molecule is COc1cc2c(cc1/C=C1\SC(=S)N(CCC3CCCCC3)C1=O)OCO2. The molecule has 1 aliphatic carbocycles. The van der Waals surface area contributed by atoms with Crippen molar-refractivity contribution < 1.29 is 19.0 Å². The van der Waals surface area contributed by atoms with Gasteiger partial charge in [-0.3, -0.25) is 9.69 Å². The number of benzene rings is 1. The average Bonchev–Trinajstić information content (AvgIpc) is 3.24. The fourth-order valence-electron chi connectivity index (χ4n) is 3.85. The van der Waals surface area contributed by atoms with Crippen molar-refractivity contribution in [3.05, 3.63) is 22.6 Å². The number of methoxy groups -OCH3 is 1. The molecule has 0 radical (unpaired) electrons. The summed E-state index contributed by atoms with van der Waals surface area (Å²) < 4.78 is 16.9. The van der Waals surface area contributed by atoms with E-state index in [4.69, 9.17) is 26.4 Å². The van der Waals surface area contributed by atoms with Gasteiger partial charge in [0.1, 0.15) is 10.1 Å². The Kier molecular flexibility index (Phi) is 5.59. The molecule has 0 spiro atoms. The molecule has 0 N–H and O–H groups in total. The van der Waals surface area contributed by atoms with Gasteiger partial charge in [0.25, 0.3) is 5.91 Å². The van der Waals surface area contributed by atoms with Gasteiger partial charge in [-0.2, -0.15) is 0 Å². The second kappa shape index (κ2) is 8.10. The van der Waals surface area contributed by atoms with Crippen molar-refractivity contribution >= 4 is 40.3 Å². The van der Waals surface area contributed by atoms with Crippen LogP contribution in [0.1, 0.15) is 44.1 Å². The van der Waals surface area contributed by atoms with Crippen molar-refractivity contribution in [2.45, 2.75) is 38.5 Å². The van der Waals surface area contributed by atoms with Gasteiger partial charge in [-0.05, 0) is 24.5 Å². The Bertz CT molecular complexity index is 786. The maximum absolute atomic E-state index is 12.9. The number of hydrogen-bond acceptors (Lipinski definition) is 6. The topological polar surface area (TPSA) is 48.0 Å². The zero-order valence-electron chi connectivity index (χ0n) is 15.4. The minimum absolute atomic E-state index is 0.0134. The minimum Gasteiger partial charge on any atom is -0.496 e. The van der Waals surface area contributed by atoms with Gasteiger partial charge < -0.3 is 14.2 Å². The van der Waals surface area contributed by atoms with E-state index in [-0.39, 0.29) is 12.7 Å². The molecule has 0 bridgehead atoms. The highest BCUT2D eigenvalue weighted by Crippen LogP contribution is 2.41. The molecule has 1 saturated heterocycles. The lowest BCUT2D eigenvalue weighted by Gasteiger charge is -2.23. The highest BCUT2D eigenvalue weighted by Gasteiger charge is 2.32. The summed E-state index contributed by atoms with van der Waals surface area (Å²) in [6.07, 6.45) is 9.39. The number of carbonyl (C=O) groups is 1. The summed E-state index contributed by atoms with van der Waals surface area (Å²) >= 11 is 6.83. The number of hydrogen-bond donors (Lipinski definition) is 0. The normalized spacial score (nSPS) is 21.4. The molecule has 1 amide bonds. The molecule has 4 rings (SSSR count). The Hall–Kier alpha value is -1.73. The Morgan fingerprint density at radius 1 is 1.26 bits per heavy atom. The average molecular weight is 406 g/mol. The van der Waals surface area contributed by atoms with Crippen LogP contribution < -0.4 is 14.2 Å². The van der Waals surface area contributed by atoms with Gasteiger partial charge in [0.2, 0.25) is 6.79 Å². The maximum Gasteiger partial charge on any atom is 0.266 e. The number of rotatable bonds is 5. The molecular formula is C20H23NO4S2. The molecule has 1 aromatic carbocycles. The van der Waals surface area contributed by atoms with Crippen LogP contribution in [0.5, 0.6) is 17.2 Å². The predicted molar refractivity (Wildman–Crippen MR) is 110 cm³/mol. The van der Waals surface area contributed by atoms with E-state index >= 15 is 0 Å². The molecule has 144 valence electrons. The van der Waals surface area contributed by atoms with Gasteiger partial charge in [0.05, 0.1) is 12.0 Å². The van der Waals surface area contributed by atoms with Crippen molar-refractivity contribution in [2.75, 3.05) is 20.4 Å². The van der Waals surface area contributed by atoms with E-state index < -0.39 is 0 Å². The Labute approximate surface area is 169 Å². The zero-order chi connectivity index (χ0) is 18.8. The number of fused-ring (bicyclic) bond motifs is 1. The Balaban J connectivity index is 1.49. The van der Waals surface area contributed by atoms with E-state index in [1.165, 1.54) is 43.9 Å². The number of thioether (sulfide) groups is 1. The van der Waals surface area contributed by atoms with Crippen molar-refractivity contribution in [1.82, 2.24) is 4.90 Å². The molecule has 0 atom stereocenters. The fourth-order valence-corrected chi connectivity index (χ4v) is 5.15. The first-order valence-electron chi connectivity index (χ1n) is 9.38. The second-order valence-corrected chi connectivity index (χ2v) is 8.75. The third-order valence-corrected chi connectivity index (χ3v) is 6.75. The summed E-state index contributed by atoms with van der Waals surface area (Å²) in [5.74, 6) is 2.67. The summed E-state index contributed by atoms with van der Waals surface area (Å²) in [5.41, 5.74) is 0.787. The molecule has 3 aliphatic rings. The highest BCUT2D eigenvalue weighted by molar-refractivity contribution is 8.26. The summed E-state index contributed by atoms with van der Waals surface area (Å²) in [6.45, 7) is 0.913. The van der Waals surface area contributed by atoms with Gasteiger partial charge >= 0.3 is 0 Å². The zero-order valence-corrected chi connectivity index (χ0v) is 17.0. The quantitative estimate of drug-likeness (QED) is 0.527. The maximum atomic E-state index is 12.9. The fraction of sp³-hybridized carbons (Fsp3) is 0.500. The summed E-state index contributed by atoms with van der Waals surface area (Å²) in [6, 6.07) is 3.63.